The number of hydrogen-bond acceptors (Lipinski definition) is 6. The Morgan fingerprint density at radius 2 is 2.32 bits per heavy atom. The molecular weight excluding hydrogens is 250 g/mol. The maximum absolute atomic E-state index is 11.7. The molecular formula is C13H11NO5. The molecule has 1 N–H and O–H groups in total. The third-order valence-corrected chi connectivity index (χ3v) is 2.84. The van der Waals surface area contributed by atoms with Crippen LogP contribution in [0.15, 0.2) is 18.3 Å². The van der Waals surface area contributed by atoms with Gasteiger partial charge >= 0.3 is 5.97 Å². The highest BCUT2D eigenvalue weighted by Gasteiger charge is 2.22. The molecule has 2 aromatic rings. The number of aromatic nitrogens is 1. The number of pyridine rings is 1. The maximum atomic E-state index is 11.7. The van der Waals surface area contributed by atoms with Crippen LogP contribution in [-0.4, -0.2) is 29.5 Å². The van der Waals surface area contributed by atoms with Crippen LogP contribution < -0.4 is 9.47 Å². The second kappa shape index (κ2) is 4.31. The van der Waals surface area contributed by atoms with Gasteiger partial charge in [0.2, 0.25) is 6.79 Å². The quantitative estimate of drug-likeness (QED) is 0.831. The zero-order valence-corrected chi connectivity index (χ0v) is 10.2. The predicted octanol–water partition coefficient (Wildman–Crippen LogP) is 1.85. The molecule has 0 radical (unpaired) electrons. The van der Waals surface area contributed by atoms with Gasteiger partial charge in [0.05, 0.1) is 6.61 Å². The van der Waals surface area contributed by atoms with E-state index in [2.05, 4.69) is 4.98 Å². The molecule has 0 aliphatic carbocycles. The lowest BCUT2D eigenvalue weighted by molar-refractivity contribution is 0.0523. The Morgan fingerprint density at radius 1 is 1.47 bits per heavy atom. The number of fused-ring (bicyclic) bond motifs is 3. The number of rotatable bonds is 2. The van der Waals surface area contributed by atoms with Crippen molar-refractivity contribution in [3.63, 3.8) is 0 Å². The monoisotopic (exact) mass is 261 g/mol. The fourth-order valence-corrected chi connectivity index (χ4v) is 1.97. The number of nitrogens with zero attached hydrogens (tertiary/aromatic N) is 1. The first-order valence-electron chi connectivity index (χ1n) is 5.79. The molecule has 98 valence electrons. The van der Waals surface area contributed by atoms with Gasteiger partial charge in [0.1, 0.15) is 16.8 Å². The van der Waals surface area contributed by atoms with E-state index in [1.165, 1.54) is 6.20 Å². The molecule has 1 aliphatic rings. The first-order valence-corrected chi connectivity index (χ1v) is 5.79. The minimum atomic E-state index is -0.605. The first kappa shape index (κ1) is 11.6. The number of ether oxygens (including phenoxy) is 3. The van der Waals surface area contributed by atoms with Crippen molar-refractivity contribution in [2.24, 2.45) is 0 Å². The Balaban J connectivity index is 2.18. The summed E-state index contributed by atoms with van der Waals surface area (Å²) in [7, 11) is 0. The van der Waals surface area contributed by atoms with Gasteiger partial charge in [0, 0.05) is 11.6 Å². The van der Waals surface area contributed by atoms with E-state index in [1.54, 1.807) is 19.1 Å². The SMILES string of the molecule is CCOC(=O)c1cnc2c3c(ccc2c1O)OCO3. The molecule has 0 fully saturated rings. The third kappa shape index (κ3) is 1.72. The summed E-state index contributed by atoms with van der Waals surface area (Å²) in [5, 5.41) is 10.6. The van der Waals surface area contributed by atoms with Crippen molar-refractivity contribution in [1.29, 1.82) is 0 Å². The predicted molar refractivity (Wildman–Crippen MR) is 65.5 cm³/mol. The van der Waals surface area contributed by atoms with Crippen molar-refractivity contribution in [2.75, 3.05) is 13.4 Å². The zero-order chi connectivity index (χ0) is 13.4. The number of esters is 1. The number of carbonyl (C=O) groups excluding carboxylic acids is 1. The standard InChI is InChI=1S/C13H11NO5/c1-2-17-13(16)8-5-14-10-7(11(8)15)3-4-9-12(10)19-6-18-9/h3-5H,2,6H2,1H3,(H,14,15). The van der Waals surface area contributed by atoms with Gasteiger partial charge in [-0.25, -0.2) is 4.79 Å². The summed E-state index contributed by atoms with van der Waals surface area (Å²) in [4.78, 5) is 15.8. The Bertz CT molecular complexity index is 668. The van der Waals surface area contributed by atoms with Gasteiger partial charge in [-0.2, -0.15) is 0 Å². The Kier molecular flexibility index (Phi) is 2.63. The fourth-order valence-electron chi connectivity index (χ4n) is 1.97. The van der Waals surface area contributed by atoms with Crippen LogP contribution in [0.2, 0.25) is 0 Å². The van der Waals surface area contributed by atoms with E-state index >= 15 is 0 Å². The smallest absolute Gasteiger partial charge is 0.343 e. The first-order chi connectivity index (χ1) is 9.22. The summed E-state index contributed by atoms with van der Waals surface area (Å²) >= 11 is 0. The normalized spacial score (nSPS) is 12.7. The largest absolute Gasteiger partial charge is 0.506 e. The fraction of sp³-hybridized carbons (Fsp3) is 0.231. The van der Waals surface area contributed by atoms with Gasteiger partial charge in [-0.15, -0.1) is 0 Å². The third-order valence-electron chi connectivity index (χ3n) is 2.84. The molecule has 0 bridgehead atoms. The van der Waals surface area contributed by atoms with E-state index in [0.717, 1.165) is 0 Å². The number of benzene rings is 1. The van der Waals surface area contributed by atoms with E-state index in [4.69, 9.17) is 14.2 Å². The Labute approximate surface area is 108 Å². The summed E-state index contributed by atoms with van der Waals surface area (Å²) in [6, 6.07) is 3.30. The van der Waals surface area contributed by atoms with Gasteiger partial charge in [0.15, 0.2) is 11.5 Å². The molecule has 2 heterocycles. The molecule has 1 aliphatic heterocycles. The van der Waals surface area contributed by atoms with Crippen LogP contribution in [-0.2, 0) is 4.74 Å². The number of hydrogen-bond donors (Lipinski definition) is 1. The van der Waals surface area contributed by atoms with Gasteiger partial charge in [-0.1, -0.05) is 0 Å². The minimum Gasteiger partial charge on any atom is -0.506 e. The maximum Gasteiger partial charge on any atom is 0.343 e. The van der Waals surface area contributed by atoms with Crippen LogP contribution in [0.3, 0.4) is 0 Å². The van der Waals surface area contributed by atoms with Crippen molar-refractivity contribution in [3.8, 4) is 17.2 Å². The van der Waals surface area contributed by atoms with Crippen molar-refractivity contribution in [3.05, 3.63) is 23.9 Å². The van der Waals surface area contributed by atoms with Gasteiger partial charge < -0.3 is 19.3 Å². The summed E-state index contributed by atoms with van der Waals surface area (Å²) in [6.07, 6.45) is 1.28. The van der Waals surface area contributed by atoms with Crippen LogP contribution in [0.1, 0.15) is 17.3 Å². The highest BCUT2D eigenvalue weighted by molar-refractivity contribution is 6.01. The molecule has 19 heavy (non-hydrogen) atoms. The van der Waals surface area contributed by atoms with Crippen LogP contribution in [0, 0.1) is 0 Å². The van der Waals surface area contributed by atoms with Crippen LogP contribution in [0.25, 0.3) is 10.9 Å². The van der Waals surface area contributed by atoms with E-state index < -0.39 is 5.97 Å². The summed E-state index contributed by atoms with van der Waals surface area (Å²) in [5.41, 5.74) is 0.494. The molecule has 6 heteroatoms. The molecule has 6 nitrogen and oxygen atoms in total. The lowest BCUT2D eigenvalue weighted by Crippen LogP contribution is -2.05. The van der Waals surface area contributed by atoms with Crippen molar-refractivity contribution in [1.82, 2.24) is 4.98 Å². The van der Waals surface area contributed by atoms with Crippen molar-refractivity contribution < 1.29 is 24.1 Å². The van der Waals surface area contributed by atoms with Gasteiger partial charge in [0.25, 0.3) is 0 Å². The molecule has 0 saturated carbocycles. The van der Waals surface area contributed by atoms with Crippen molar-refractivity contribution in [2.45, 2.75) is 6.92 Å². The minimum absolute atomic E-state index is 0.0354. The molecule has 1 aromatic heterocycles. The molecule has 0 atom stereocenters. The average molecular weight is 261 g/mol. The van der Waals surface area contributed by atoms with E-state index in [1.807, 2.05) is 0 Å². The molecule has 0 amide bonds. The molecule has 0 spiro atoms. The van der Waals surface area contributed by atoms with E-state index in [9.17, 15) is 9.90 Å². The van der Waals surface area contributed by atoms with E-state index in [-0.39, 0.29) is 24.7 Å². The summed E-state index contributed by atoms with van der Waals surface area (Å²) in [6.45, 7) is 2.05. The van der Waals surface area contributed by atoms with Crippen LogP contribution >= 0.6 is 0 Å². The van der Waals surface area contributed by atoms with Crippen molar-refractivity contribution >= 4 is 16.9 Å². The summed E-state index contributed by atoms with van der Waals surface area (Å²) in [5.74, 6) is 0.278. The van der Waals surface area contributed by atoms with Gasteiger partial charge in [-0.05, 0) is 19.1 Å². The van der Waals surface area contributed by atoms with Gasteiger partial charge in [-0.3, -0.25) is 4.98 Å². The Hall–Kier alpha value is -2.50. The van der Waals surface area contributed by atoms with Crippen LogP contribution in [0.5, 0.6) is 17.2 Å². The lowest BCUT2D eigenvalue weighted by Gasteiger charge is -2.08. The van der Waals surface area contributed by atoms with Crippen LogP contribution in [0.4, 0.5) is 0 Å². The Morgan fingerprint density at radius 3 is 3.11 bits per heavy atom. The molecule has 0 saturated heterocycles. The molecule has 1 aromatic carbocycles. The highest BCUT2D eigenvalue weighted by Crippen LogP contribution is 2.41. The average Bonchev–Trinajstić information content (AvgIpc) is 2.87. The second-order valence-corrected chi connectivity index (χ2v) is 3.94. The number of carbonyl (C=O) groups is 1. The summed E-state index contributed by atoms with van der Waals surface area (Å²) < 4.78 is 15.4. The zero-order valence-electron chi connectivity index (χ0n) is 10.2. The molecule has 0 unspecified atom stereocenters. The van der Waals surface area contributed by atoms with E-state index in [0.29, 0.717) is 22.4 Å². The second-order valence-electron chi connectivity index (χ2n) is 3.94. The number of aromatic hydroxyl groups is 1. The lowest BCUT2D eigenvalue weighted by atomic mass is 10.1. The highest BCUT2D eigenvalue weighted by atomic mass is 16.7. The topological polar surface area (TPSA) is 77.9 Å². The molecule has 3 rings (SSSR count).